The second kappa shape index (κ2) is 3.94. The van der Waals surface area contributed by atoms with Gasteiger partial charge in [0, 0.05) is 37.0 Å². The molecule has 1 aliphatic carbocycles. The van der Waals surface area contributed by atoms with Gasteiger partial charge in [-0.3, -0.25) is 4.90 Å². The van der Waals surface area contributed by atoms with Crippen LogP contribution in [0.15, 0.2) is 0 Å². The zero-order valence-electron chi connectivity index (χ0n) is 9.67. The van der Waals surface area contributed by atoms with Gasteiger partial charge in [-0.05, 0) is 37.9 Å². The summed E-state index contributed by atoms with van der Waals surface area (Å²) < 4.78 is 0. The Bertz CT molecular complexity index is 236. The summed E-state index contributed by atoms with van der Waals surface area (Å²) in [7, 11) is 0. The number of rotatable bonds is 2. The van der Waals surface area contributed by atoms with Crippen molar-refractivity contribution in [1.29, 1.82) is 0 Å². The van der Waals surface area contributed by atoms with Crippen LogP contribution in [-0.2, 0) is 0 Å². The molecule has 1 saturated carbocycles. The minimum absolute atomic E-state index is 0.436. The van der Waals surface area contributed by atoms with Gasteiger partial charge in [-0.15, -0.1) is 0 Å². The molecule has 0 amide bonds. The maximum absolute atomic E-state index is 3.76. The van der Waals surface area contributed by atoms with Gasteiger partial charge in [0.05, 0.1) is 0 Å². The number of hydrogen-bond donors (Lipinski definition) is 1. The van der Waals surface area contributed by atoms with Gasteiger partial charge in [0.15, 0.2) is 0 Å². The Morgan fingerprint density at radius 1 is 1.33 bits per heavy atom. The smallest absolute Gasteiger partial charge is 0.0309 e. The molecule has 2 aliphatic heterocycles. The summed E-state index contributed by atoms with van der Waals surface area (Å²) in [5, 5.41) is 3.76. The maximum Gasteiger partial charge on any atom is 0.0309 e. The van der Waals surface area contributed by atoms with Crippen molar-refractivity contribution in [3.05, 3.63) is 0 Å². The molecular formula is C12H22N2S. The van der Waals surface area contributed by atoms with Gasteiger partial charge in [-0.2, -0.15) is 11.8 Å². The van der Waals surface area contributed by atoms with E-state index in [1.807, 2.05) is 0 Å². The van der Waals surface area contributed by atoms with Crippen LogP contribution >= 0.6 is 11.8 Å². The lowest BCUT2D eigenvalue weighted by atomic mass is 9.92. The molecule has 3 rings (SSSR count). The van der Waals surface area contributed by atoms with Crippen molar-refractivity contribution in [3.63, 3.8) is 0 Å². The first-order valence-corrected chi connectivity index (χ1v) is 7.50. The Balaban J connectivity index is 1.64. The van der Waals surface area contributed by atoms with Crippen LogP contribution in [0.5, 0.6) is 0 Å². The molecule has 2 nitrogen and oxygen atoms in total. The lowest BCUT2D eigenvalue weighted by Crippen LogP contribution is -2.62. The van der Waals surface area contributed by atoms with E-state index in [0.29, 0.717) is 5.54 Å². The minimum atomic E-state index is 0.436. The molecule has 0 bridgehead atoms. The molecule has 1 N–H and O–H groups in total. The molecule has 2 atom stereocenters. The van der Waals surface area contributed by atoms with E-state index >= 15 is 0 Å². The van der Waals surface area contributed by atoms with Gasteiger partial charge in [0.2, 0.25) is 0 Å². The highest BCUT2D eigenvalue weighted by Gasteiger charge is 2.44. The predicted molar refractivity (Wildman–Crippen MR) is 66.4 cm³/mol. The molecule has 86 valence electrons. The SMILES string of the molecule is CC1(C2CC2)CN(C2CCSC2)CCN1. The number of nitrogens with zero attached hydrogens (tertiary/aromatic N) is 1. The van der Waals surface area contributed by atoms with E-state index in [0.717, 1.165) is 12.0 Å². The molecule has 2 heterocycles. The maximum atomic E-state index is 3.76. The molecule has 3 fully saturated rings. The predicted octanol–water partition coefficient (Wildman–Crippen LogP) is 1.57. The summed E-state index contributed by atoms with van der Waals surface area (Å²) in [5.41, 5.74) is 0.436. The van der Waals surface area contributed by atoms with E-state index in [-0.39, 0.29) is 0 Å². The van der Waals surface area contributed by atoms with Crippen LogP contribution in [0.3, 0.4) is 0 Å². The molecule has 3 aliphatic rings. The Kier molecular flexibility index (Phi) is 2.74. The van der Waals surface area contributed by atoms with E-state index < -0.39 is 0 Å². The molecule has 15 heavy (non-hydrogen) atoms. The molecule has 3 heteroatoms. The zero-order chi connectivity index (χ0) is 10.3. The fourth-order valence-electron chi connectivity index (χ4n) is 3.16. The molecule has 2 saturated heterocycles. The highest BCUT2D eigenvalue weighted by molar-refractivity contribution is 7.99. The van der Waals surface area contributed by atoms with E-state index in [2.05, 4.69) is 28.9 Å². The van der Waals surface area contributed by atoms with Crippen molar-refractivity contribution in [2.75, 3.05) is 31.1 Å². The second-order valence-electron chi connectivity index (χ2n) is 5.61. The van der Waals surface area contributed by atoms with Gasteiger partial charge in [0.1, 0.15) is 0 Å². The second-order valence-corrected chi connectivity index (χ2v) is 6.76. The van der Waals surface area contributed by atoms with Gasteiger partial charge in [0.25, 0.3) is 0 Å². The highest BCUT2D eigenvalue weighted by atomic mass is 32.2. The van der Waals surface area contributed by atoms with Gasteiger partial charge in [-0.1, -0.05) is 0 Å². The zero-order valence-corrected chi connectivity index (χ0v) is 10.5. The van der Waals surface area contributed by atoms with Crippen molar-refractivity contribution < 1.29 is 0 Å². The fraction of sp³-hybridized carbons (Fsp3) is 1.00. The third-order valence-electron chi connectivity index (χ3n) is 4.36. The molecule has 0 aromatic rings. The van der Waals surface area contributed by atoms with E-state index in [9.17, 15) is 0 Å². The first-order chi connectivity index (χ1) is 7.28. The summed E-state index contributed by atoms with van der Waals surface area (Å²) in [5.74, 6) is 3.73. The Hall–Kier alpha value is 0.270. The molecule has 0 radical (unpaired) electrons. The topological polar surface area (TPSA) is 15.3 Å². The average Bonchev–Trinajstić information content (AvgIpc) is 2.96. The number of hydrogen-bond acceptors (Lipinski definition) is 3. The van der Waals surface area contributed by atoms with Crippen molar-refractivity contribution >= 4 is 11.8 Å². The lowest BCUT2D eigenvalue weighted by molar-refractivity contribution is 0.0972. The van der Waals surface area contributed by atoms with Crippen LogP contribution in [-0.4, -0.2) is 47.6 Å². The van der Waals surface area contributed by atoms with E-state index in [1.54, 1.807) is 0 Å². The number of thioether (sulfide) groups is 1. The largest absolute Gasteiger partial charge is 0.309 e. The quantitative estimate of drug-likeness (QED) is 0.769. The van der Waals surface area contributed by atoms with Crippen molar-refractivity contribution in [2.45, 2.75) is 37.8 Å². The standard InChI is InChI=1S/C12H22N2S/c1-12(10-2-3-10)9-14(6-5-13-12)11-4-7-15-8-11/h10-11,13H,2-9H2,1H3. The molecular weight excluding hydrogens is 204 g/mol. The summed E-state index contributed by atoms with van der Waals surface area (Å²) >= 11 is 2.14. The normalized spacial score (nSPS) is 43.4. The Morgan fingerprint density at radius 2 is 2.20 bits per heavy atom. The summed E-state index contributed by atoms with van der Waals surface area (Å²) in [6, 6.07) is 0.884. The lowest BCUT2D eigenvalue weighted by Gasteiger charge is -2.44. The van der Waals surface area contributed by atoms with Gasteiger partial charge >= 0.3 is 0 Å². The van der Waals surface area contributed by atoms with E-state index in [1.165, 1.54) is 50.4 Å². The molecule has 0 aromatic heterocycles. The number of piperazine rings is 1. The molecule has 0 spiro atoms. The third kappa shape index (κ3) is 2.06. The molecule has 0 aromatic carbocycles. The average molecular weight is 226 g/mol. The summed E-state index contributed by atoms with van der Waals surface area (Å²) in [6.07, 6.45) is 4.33. The van der Waals surface area contributed by atoms with Crippen LogP contribution in [0.4, 0.5) is 0 Å². The highest BCUT2D eigenvalue weighted by Crippen LogP contribution is 2.41. The van der Waals surface area contributed by atoms with Crippen LogP contribution in [0.1, 0.15) is 26.2 Å². The van der Waals surface area contributed by atoms with Crippen molar-refractivity contribution in [1.82, 2.24) is 10.2 Å². The van der Waals surface area contributed by atoms with Crippen LogP contribution in [0.25, 0.3) is 0 Å². The summed E-state index contributed by atoms with van der Waals surface area (Å²) in [4.78, 5) is 2.76. The van der Waals surface area contributed by atoms with Crippen molar-refractivity contribution in [3.8, 4) is 0 Å². The van der Waals surface area contributed by atoms with Crippen LogP contribution < -0.4 is 5.32 Å². The fourth-order valence-corrected chi connectivity index (χ4v) is 4.41. The van der Waals surface area contributed by atoms with Gasteiger partial charge < -0.3 is 5.32 Å². The van der Waals surface area contributed by atoms with Crippen molar-refractivity contribution in [2.24, 2.45) is 5.92 Å². The monoisotopic (exact) mass is 226 g/mol. The third-order valence-corrected chi connectivity index (χ3v) is 5.50. The Morgan fingerprint density at radius 3 is 2.87 bits per heavy atom. The first-order valence-electron chi connectivity index (χ1n) is 6.35. The number of nitrogens with one attached hydrogen (secondary N) is 1. The summed E-state index contributed by atoms with van der Waals surface area (Å²) in [6.45, 7) is 6.21. The van der Waals surface area contributed by atoms with Crippen LogP contribution in [0.2, 0.25) is 0 Å². The minimum Gasteiger partial charge on any atom is -0.309 e. The Labute approximate surface area is 97.2 Å². The first kappa shape index (κ1) is 10.4. The molecule has 2 unspecified atom stereocenters. The van der Waals surface area contributed by atoms with E-state index in [4.69, 9.17) is 0 Å². The van der Waals surface area contributed by atoms with Crippen LogP contribution in [0, 0.1) is 5.92 Å². The van der Waals surface area contributed by atoms with Gasteiger partial charge in [-0.25, -0.2) is 0 Å².